The monoisotopic (exact) mass is 399 g/mol. The number of nitrogens with one attached hydrogen (secondary N) is 2. The van der Waals surface area contributed by atoms with Crippen molar-refractivity contribution in [3.05, 3.63) is 24.5 Å². The number of fused-ring (bicyclic) bond motifs is 1. The van der Waals surface area contributed by atoms with Crippen LogP contribution in [0.2, 0.25) is 0 Å². The van der Waals surface area contributed by atoms with Gasteiger partial charge in [-0.1, -0.05) is 0 Å². The van der Waals surface area contributed by atoms with E-state index in [9.17, 15) is 4.79 Å². The average Bonchev–Trinajstić information content (AvgIpc) is 2.76. The van der Waals surface area contributed by atoms with Crippen molar-refractivity contribution in [1.82, 2.24) is 15.3 Å². The minimum Gasteiger partial charge on any atom is -0.380 e. The number of anilines is 2. The van der Waals surface area contributed by atoms with E-state index in [2.05, 4.69) is 37.6 Å². The van der Waals surface area contributed by atoms with Gasteiger partial charge in [-0.05, 0) is 37.8 Å². The van der Waals surface area contributed by atoms with Gasteiger partial charge in [-0.2, -0.15) is 0 Å². The SMILES string of the molecule is COCC(=O)NC1CCC(Nc2cc(N3CCOCC3)cc3nccnc23)CC1. The molecule has 156 valence electrons. The first kappa shape index (κ1) is 19.8. The Hall–Kier alpha value is -2.45. The van der Waals surface area contributed by atoms with E-state index in [0.717, 1.165) is 74.4 Å². The molecule has 2 aromatic rings. The van der Waals surface area contributed by atoms with Crippen LogP contribution in [0.25, 0.3) is 11.0 Å². The van der Waals surface area contributed by atoms with Crippen molar-refractivity contribution in [3.8, 4) is 0 Å². The van der Waals surface area contributed by atoms with Crippen molar-refractivity contribution in [2.75, 3.05) is 50.2 Å². The van der Waals surface area contributed by atoms with Crippen LogP contribution >= 0.6 is 0 Å². The van der Waals surface area contributed by atoms with Gasteiger partial charge in [-0.3, -0.25) is 14.8 Å². The highest BCUT2D eigenvalue weighted by Gasteiger charge is 2.23. The lowest BCUT2D eigenvalue weighted by molar-refractivity contribution is -0.125. The number of hydrogen-bond acceptors (Lipinski definition) is 7. The quantitative estimate of drug-likeness (QED) is 0.767. The number of ether oxygens (including phenoxy) is 2. The molecule has 1 amide bonds. The van der Waals surface area contributed by atoms with Crippen molar-refractivity contribution in [3.63, 3.8) is 0 Å². The van der Waals surface area contributed by atoms with E-state index in [1.165, 1.54) is 0 Å². The summed E-state index contributed by atoms with van der Waals surface area (Å²) in [7, 11) is 1.54. The first-order chi connectivity index (χ1) is 14.2. The number of carbonyl (C=O) groups is 1. The van der Waals surface area contributed by atoms with E-state index in [0.29, 0.717) is 6.04 Å². The van der Waals surface area contributed by atoms with Crippen LogP contribution in [0.3, 0.4) is 0 Å². The summed E-state index contributed by atoms with van der Waals surface area (Å²) in [6.07, 6.45) is 7.40. The highest BCUT2D eigenvalue weighted by atomic mass is 16.5. The Kier molecular flexibility index (Phi) is 6.41. The molecule has 29 heavy (non-hydrogen) atoms. The fraction of sp³-hybridized carbons (Fsp3) is 0.571. The molecule has 0 spiro atoms. The number of methoxy groups -OCH3 is 1. The van der Waals surface area contributed by atoms with Gasteiger partial charge in [0.2, 0.25) is 5.91 Å². The first-order valence-electron chi connectivity index (χ1n) is 10.4. The zero-order valence-corrected chi connectivity index (χ0v) is 16.9. The molecule has 1 aromatic carbocycles. The fourth-order valence-electron chi connectivity index (χ4n) is 4.18. The topological polar surface area (TPSA) is 88.6 Å². The van der Waals surface area contributed by atoms with Gasteiger partial charge in [0.1, 0.15) is 12.1 Å². The normalized spacial score (nSPS) is 22.4. The van der Waals surface area contributed by atoms with E-state index in [1.54, 1.807) is 19.5 Å². The molecule has 2 fully saturated rings. The van der Waals surface area contributed by atoms with Crippen LogP contribution in [-0.4, -0.2) is 68.0 Å². The lowest BCUT2D eigenvalue weighted by atomic mass is 9.91. The van der Waals surface area contributed by atoms with Crippen molar-refractivity contribution in [2.45, 2.75) is 37.8 Å². The second-order valence-corrected chi connectivity index (χ2v) is 7.71. The van der Waals surface area contributed by atoms with Gasteiger partial charge in [0, 0.05) is 50.4 Å². The van der Waals surface area contributed by atoms with Crippen molar-refractivity contribution in [1.29, 1.82) is 0 Å². The third kappa shape index (κ3) is 4.94. The number of nitrogens with zero attached hydrogens (tertiary/aromatic N) is 3. The largest absolute Gasteiger partial charge is 0.380 e. The van der Waals surface area contributed by atoms with Gasteiger partial charge in [0.15, 0.2) is 0 Å². The molecule has 0 unspecified atom stereocenters. The zero-order chi connectivity index (χ0) is 20.1. The third-order valence-electron chi connectivity index (χ3n) is 5.66. The number of hydrogen-bond donors (Lipinski definition) is 2. The Balaban J connectivity index is 1.45. The molecule has 1 aliphatic heterocycles. The maximum absolute atomic E-state index is 11.7. The minimum absolute atomic E-state index is 0.0385. The number of benzene rings is 1. The summed E-state index contributed by atoms with van der Waals surface area (Å²) < 4.78 is 10.4. The molecule has 2 N–H and O–H groups in total. The van der Waals surface area contributed by atoms with Crippen LogP contribution in [0.1, 0.15) is 25.7 Å². The average molecular weight is 399 g/mol. The van der Waals surface area contributed by atoms with E-state index >= 15 is 0 Å². The Morgan fingerprint density at radius 3 is 2.62 bits per heavy atom. The maximum Gasteiger partial charge on any atom is 0.246 e. The highest BCUT2D eigenvalue weighted by Crippen LogP contribution is 2.31. The summed E-state index contributed by atoms with van der Waals surface area (Å²) in [4.78, 5) is 23.2. The molecule has 1 saturated carbocycles. The molecule has 0 bridgehead atoms. The van der Waals surface area contributed by atoms with E-state index in [1.807, 2.05) is 0 Å². The van der Waals surface area contributed by atoms with Crippen molar-refractivity contribution < 1.29 is 14.3 Å². The fourth-order valence-corrected chi connectivity index (χ4v) is 4.18. The summed E-state index contributed by atoms with van der Waals surface area (Å²) in [6, 6.07) is 4.89. The summed E-state index contributed by atoms with van der Waals surface area (Å²) >= 11 is 0. The van der Waals surface area contributed by atoms with Crippen LogP contribution in [0.5, 0.6) is 0 Å². The summed E-state index contributed by atoms with van der Waals surface area (Å²) in [5, 5.41) is 6.76. The number of aromatic nitrogens is 2. The molecule has 1 aliphatic carbocycles. The molecule has 1 saturated heterocycles. The molecule has 2 aliphatic rings. The number of amides is 1. The number of carbonyl (C=O) groups excluding carboxylic acids is 1. The summed E-state index contributed by atoms with van der Waals surface area (Å²) in [6.45, 7) is 3.40. The van der Waals surface area contributed by atoms with Crippen LogP contribution < -0.4 is 15.5 Å². The number of rotatable bonds is 6. The van der Waals surface area contributed by atoms with E-state index < -0.39 is 0 Å². The molecule has 1 aromatic heterocycles. The van der Waals surface area contributed by atoms with Crippen LogP contribution in [-0.2, 0) is 14.3 Å². The Bertz CT molecular complexity index is 832. The maximum atomic E-state index is 11.7. The van der Waals surface area contributed by atoms with Crippen LogP contribution in [0, 0.1) is 0 Å². The van der Waals surface area contributed by atoms with Crippen LogP contribution in [0.4, 0.5) is 11.4 Å². The summed E-state index contributed by atoms with van der Waals surface area (Å²) in [5.41, 5.74) is 3.99. The first-order valence-corrected chi connectivity index (χ1v) is 10.4. The third-order valence-corrected chi connectivity index (χ3v) is 5.66. The molecular weight excluding hydrogens is 370 g/mol. The lowest BCUT2D eigenvalue weighted by Crippen LogP contribution is -2.41. The van der Waals surface area contributed by atoms with E-state index in [4.69, 9.17) is 9.47 Å². The molecule has 2 heterocycles. The second kappa shape index (κ2) is 9.37. The molecule has 8 nitrogen and oxygen atoms in total. The predicted octanol–water partition coefficient (Wildman–Crippen LogP) is 1.95. The Morgan fingerprint density at radius 1 is 1.14 bits per heavy atom. The molecule has 8 heteroatoms. The van der Waals surface area contributed by atoms with E-state index in [-0.39, 0.29) is 18.6 Å². The lowest BCUT2D eigenvalue weighted by Gasteiger charge is -2.32. The Morgan fingerprint density at radius 2 is 1.86 bits per heavy atom. The smallest absolute Gasteiger partial charge is 0.246 e. The Labute approximate surface area is 171 Å². The molecule has 4 rings (SSSR count). The predicted molar refractivity (Wildman–Crippen MR) is 112 cm³/mol. The second-order valence-electron chi connectivity index (χ2n) is 7.71. The van der Waals surface area contributed by atoms with Gasteiger partial charge in [0.25, 0.3) is 0 Å². The highest BCUT2D eigenvalue weighted by molar-refractivity contribution is 5.91. The minimum atomic E-state index is -0.0385. The van der Waals surface area contributed by atoms with Gasteiger partial charge < -0.3 is 25.0 Å². The van der Waals surface area contributed by atoms with Crippen LogP contribution in [0.15, 0.2) is 24.5 Å². The standard InChI is InChI=1S/C21H29N5O3/c1-28-14-20(27)25-16-4-2-15(3-5-16)24-19-13-17(26-8-10-29-11-9-26)12-18-21(19)23-7-6-22-18/h6-7,12-13,15-16,24H,2-5,8-11,14H2,1H3,(H,25,27). The molecule has 0 atom stereocenters. The van der Waals surface area contributed by atoms with Gasteiger partial charge in [-0.15, -0.1) is 0 Å². The zero-order valence-electron chi connectivity index (χ0n) is 16.9. The van der Waals surface area contributed by atoms with Crippen molar-refractivity contribution in [2.24, 2.45) is 0 Å². The summed E-state index contributed by atoms with van der Waals surface area (Å²) in [5.74, 6) is -0.0385. The van der Waals surface area contributed by atoms with Crippen molar-refractivity contribution >= 4 is 28.3 Å². The van der Waals surface area contributed by atoms with Gasteiger partial charge in [-0.25, -0.2) is 0 Å². The number of morpholine rings is 1. The molecular formula is C21H29N5O3. The van der Waals surface area contributed by atoms with Gasteiger partial charge >= 0.3 is 0 Å². The van der Waals surface area contributed by atoms with Gasteiger partial charge in [0.05, 0.1) is 24.4 Å². The molecule has 0 radical (unpaired) electrons.